The molecule has 0 aliphatic heterocycles. The molecule has 0 radical (unpaired) electrons. The molecular formula is C25H36N4O5. The summed E-state index contributed by atoms with van der Waals surface area (Å²) in [6.07, 6.45) is 6.38. The first kappa shape index (κ1) is 25.6. The van der Waals surface area contributed by atoms with Crippen molar-refractivity contribution < 1.29 is 23.8 Å². The average Bonchev–Trinajstić information content (AvgIpc) is 3.08. The Bertz CT molecular complexity index is 1020. The Hall–Kier alpha value is -2.97. The number of nitrogens with zero attached hydrogens (tertiary/aromatic N) is 4. The SMILES string of the molecule is Cc1nc(-c2cnn(C)c2CC(=O)OC(C)(C)C)ncc1O[C@H]1CCC[C@H](C(=O)OC(C)C)C1. The fourth-order valence-electron chi connectivity index (χ4n) is 4.05. The van der Waals surface area contributed by atoms with E-state index >= 15 is 0 Å². The third-order valence-electron chi connectivity index (χ3n) is 5.57. The Morgan fingerprint density at radius 2 is 1.94 bits per heavy atom. The number of esters is 2. The maximum absolute atomic E-state index is 12.4. The highest BCUT2D eigenvalue weighted by Crippen LogP contribution is 2.31. The molecule has 2 aromatic rings. The van der Waals surface area contributed by atoms with Crippen LogP contribution in [-0.4, -0.2) is 49.5 Å². The van der Waals surface area contributed by atoms with Crippen molar-refractivity contribution in [1.29, 1.82) is 0 Å². The van der Waals surface area contributed by atoms with E-state index in [2.05, 4.69) is 15.1 Å². The Kier molecular flexibility index (Phi) is 7.94. The molecule has 2 aromatic heterocycles. The van der Waals surface area contributed by atoms with Crippen LogP contribution in [0.4, 0.5) is 0 Å². The van der Waals surface area contributed by atoms with Crippen molar-refractivity contribution in [3.63, 3.8) is 0 Å². The molecule has 9 heteroatoms. The van der Waals surface area contributed by atoms with E-state index in [-0.39, 0.29) is 36.5 Å². The second-order valence-electron chi connectivity index (χ2n) is 10.1. The molecule has 1 saturated carbocycles. The van der Waals surface area contributed by atoms with Crippen molar-refractivity contribution in [3.8, 4) is 17.1 Å². The standard InChI is InChI=1S/C25H36N4O5/c1-15(2)32-24(31)17-9-8-10-18(11-17)33-21-14-26-23(28-16(21)3)19-13-27-29(7)20(19)12-22(30)34-25(4,5)6/h13-15,17-18H,8-12H2,1-7H3/t17-,18-/m0/s1. The summed E-state index contributed by atoms with van der Waals surface area (Å²) < 4.78 is 18.7. The largest absolute Gasteiger partial charge is 0.487 e. The zero-order valence-corrected chi connectivity index (χ0v) is 21.3. The van der Waals surface area contributed by atoms with Gasteiger partial charge >= 0.3 is 11.9 Å². The molecule has 2 heterocycles. The summed E-state index contributed by atoms with van der Waals surface area (Å²) in [5.41, 5.74) is 1.48. The van der Waals surface area contributed by atoms with Gasteiger partial charge in [0.25, 0.3) is 0 Å². The van der Waals surface area contributed by atoms with Crippen molar-refractivity contribution >= 4 is 11.9 Å². The van der Waals surface area contributed by atoms with E-state index in [0.29, 0.717) is 34.9 Å². The van der Waals surface area contributed by atoms with E-state index in [1.165, 1.54) is 0 Å². The number of carbonyl (C=O) groups excluding carboxylic acids is 2. The number of hydrogen-bond acceptors (Lipinski definition) is 8. The van der Waals surface area contributed by atoms with Gasteiger partial charge in [0, 0.05) is 7.05 Å². The van der Waals surface area contributed by atoms with Gasteiger partial charge in [0.05, 0.1) is 53.9 Å². The van der Waals surface area contributed by atoms with Crippen LogP contribution in [0.3, 0.4) is 0 Å². The van der Waals surface area contributed by atoms with Gasteiger partial charge in [-0.15, -0.1) is 0 Å². The predicted molar refractivity (Wildman–Crippen MR) is 126 cm³/mol. The topological polar surface area (TPSA) is 105 Å². The Morgan fingerprint density at radius 3 is 2.59 bits per heavy atom. The van der Waals surface area contributed by atoms with Gasteiger partial charge in [0.1, 0.15) is 5.60 Å². The van der Waals surface area contributed by atoms with E-state index in [1.54, 1.807) is 24.1 Å². The number of ether oxygens (including phenoxy) is 3. The molecule has 0 unspecified atom stereocenters. The van der Waals surface area contributed by atoms with Crippen molar-refractivity contribution in [3.05, 3.63) is 23.8 Å². The van der Waals surface area contributed by atoms with Gasteiger partial charge in [-0.05, 0) is 67.2 Å². The van der Waals surface area contributed by atoms with E-state index in [1.807, 2.05) is 41.5 Å². The van der Waals surface area contributed by atoms with Gasteiger partial charge in [0.15, 0.2) is 11.6 Å². The van der Waals surface area contributed by atoms with Gasteiger partial charge in [-0.2, -0.15) is 5.10 Å². The van der Waals surface area contributed by atoms with Crippen LogP contribution in [0, 0.1) is 12.8 Å². The van der Waals surface area contributed by atoms with Crippen LogP contribution in [0.1, 0.15) is 71.7 Å². The first-order valence-electron chi connectivity index (χ1n) is 11.9. The summed E-state index contributed by atoms with van der Waals surface area (Å²) in [4.78, 5) is 33.8. The molecule has 0 bridgehead atoms. The van der Waals surface area contributed by atoms with Crippen LogP contribution in [0.2, 0.25) is 0 Å². The molecule has 0 aromatic carbocycles. The highest BCUT2D eigenvalue weighted by atomic mass is 16.6. The Labute approximate surface area is 201 Å². The van der Waals surface area contributed by atoms with Crippen LogP contribution < -0.4 is 4.74 Å². The maximum Gasteiger partial charge on any atom is 0.312 e. The first-order chi connectivity index (χ1) is 15.9. The number of hydrogen-bond donors (Lipinski definition) is 0. The number of carbonyl (C=O) groups is 2. The molecule has 9 nitrogen and oxygen atoms in total. The van der Waals surface area contributed by atoms with Gasteiger partial charge < -0.3 is 14.2 Å². The normalized spacial score (nSPS) is 18.6. The number of aryl methyl sites for hydroxylation is 2. The minimum atomic E-state index is -0.564. The molecule has 0 N–H and O–H groups in total. The summed E-state index contributed by atoms with van der Waals surface area (Å²) >= 11 is 0. The fraction of sp³-hybridized carbons (Fsp3) is 0.640. The monoisotopic (exact) mass is 472 g/mol. The van der Waals surface area contributed by atoms with Crippen LogP contribution in [-0.2, 0) is 32.5 Å². The molecule has 0 saturated heterocycles. The van der Waals surface area contributed by atoms with Crippen LogP contribution in [0.15, 0.2) is 12.4 Å². The van der Waals surface area contributed by atoms with Crippen LogP contribution >= 0.6 is 0 Å². The lowest BCUT2D eigenvalue weighted by atomic mass is 9.87. The average molecular weight is 473 g/mol. The first-order valence-corrected chi connectivity index (χ1v) is 11.9. The van der Waals surface area contributed by atoms with E-state index in [0.717, 1.165) is 19.3 Å². The van der Waals surface area contributed by atoms with E-state index in [9.17, 15) is 9.59 Å². The van der Waals surface area contributed by atoms with Crippen molar-refractivity contribution in [2.24, 2.45) is 13.0 Å². The van der Waals surface area contributed by atoms with Gasteiger partial charge in [-0.1, -0.05) is 0 Å². The Balaban J connectivity index is 1.71. The van der Waals surface area contributed by atoms with Crippen molar-refractivity contribution in [2.45, 2.75) is 91.5 Å². The summed E-state index contributed by atoms with van der Waals surface area (Å²) in [6.45, 7) is 11.1. The lowest BCUT2D eigenvalue weighted by Gasteiger charge is -2.29. The zero-order valence-electron chi connectivity index (χ0n) is 21.3. The molecule has 1 aliphatic carbocycles. The summed E-state index contributed by atoms with van der Waals surface area (Å²) in [6, 6.07) is 0. The lowest BCUT2D eigenvalue weighted by molar-refractivity contribution is -0.155. The Morgan fingerprint density at radius 1 is 1.21 bits per heavy atom. The summed E-state index contributed by atoms with van der Waals surface area (Å²) in [5.74, 6) is 0.424. The molecule has 1 aliphatic rings. The number of aromatic nitrogens is 4. The third kappa shape index (κ3) is 6.77. The van der Waals surface area contributed by atoms with Crippen molar-refractivity contribution in [1.82, 2.24) is 19.7 Å². The van der Waals surface area contributed by atoms with Crippen LogP contribution in [0.5, 0.6) is 5.75 Å². The van der Waals surface area contributed by atoms with E-state index < -0.39 is 5.60 Å². The third-order valence-corrected chi connectivity index (χ3v) is 5.57. The van der Waals surface area contributed by atoms with Gasteiger partial charge in [-0.3, -0.25) is 14.3 Å². The molecular weight excluding hydrogens is 436 g/mol. The molecule has 34 heavy (non-hydrogen) atoms. The predicted octanol–water partition coefficient (Wildman–Crippen LogP) is 3.96. The fourth-order valence-corrected chi connectivity index (χ4v) is 4.05. The highest BCUT2D eigenvalue weighted by molar-refractivity contribution is 5.75. The molecule has 3 rings (SSSR count). The zero-order chi connectivity index (χ0) is 25.0. The lowest BCUT2D eigenvalue weighted by Crippen LogP contribution is -2.32. The van der Waals surface area contributed by atoms with Gasteiger partial charge in [-0.25, -0.2) is 9.97 Å². The second-order valence-corrected chi connectivity index (χ2v) is 10.1. The molecule has 186 valence electrons. The minimum Gasteiger partial charge on any atom is -0.487 e. The molecule has 2 atom stereocenters. The van der Waals surface area contributed by atoms with Gasteiger partial charge in [0.2, 0.25) is 0 Å². The smallest absolute Gasteiger partial charge is 0.312 e. The molecule has 0 spiro atoms. The minimum absolute atomic E-state index is 0.0691. The van der Waals surface area contributed by atoms with Crippen LogP contribution in [0.25, 0.3) is 11.4 Å². The maximum atomic E-state index is 12.4. The van der Waals surface area contributed by atoms with E-state index in [4.69, 9.17) is 14.2 Å². The van der Waals surface area contributed by atoms with Crippen molar-refractivity contribution in [2.75, 3.05) is 0 Å². The highest BCUT2D eigenvalue weighted by Gasteiger charge is 2.30. The molecule has 0 amide bonds. The second kappa shape index (κ2) is 10.5. The summed E-state index contributed by atoms with van der Waals surface area (Å²) in [7, 11) is 1.78. The molecule has 1 fully saturated rings. The number of rotatable bonds is 7. The summed E-state index contributed by atoms with van der Waals surface area (Å²) in [5, 5.41) is 4.29. The quantitative estimate of drug-likeness (QED) is 0.558.